The Morgan fingerprint density at radius 3 is 2.00 bits per heavy atom. The molecule has 0 aromatic carbocycles. The molecule has 0 aromatic rings. The van der Waals surface area contributed by atoms with Crippen molar-refractivity contribution in [3.8, 4) is 11.5 Å². The van der Waals surface area contributed by atoms with Gasteiger partial charge in [-0.1, -0.05) is 25.6 Å². The maximum Gasteiger partial charge on any atom is 0.167 e. The molecule has 2 heteroatoms. The lowest BCUT2D eigenvalue weighted by Gasteiger charge is -2.02. The molecule has 58 valence electrons. The van der Waals surface area contributed by atoms with Gasteiger partial charge in [0.15, 0.2) is 5.75 Å². The summed E-state index contributed by atoms with van der Waals surface area (Å²) in [6.07, 6.45) is 4.47. The van der Waals surface area contributed by atoms with Crippen molar-refractivity contribution in [1.29, 1.82) is 0 Å². The van der Waals surface area contributed by atoms with Crippen molar-refractivity contribution >= 4 is 19.0 Å². The lowest BCUT2D eigenvalue weighted by molar-refractivity contribution is 1.79. The molecule has 0 spiro atoms. The van der Waals surface area contributed by atoms with Crippen LogP contribution in [0.1, 0.15) is 0 Å². The summed E-state index contributed by atoms with van der Waals surface area (Å²) in [5.41, 5.74) is 3.35. The average molecular weight is 173 g/mol. The third kappa shape index (κ3) is 8.13. The van der Waals surface area contributed by atoms with Crippen LogP contribution in [0.15, 0.2) is 0 Å². The van der Waals surface area contributed by atoms with E-state index in [0.717, 1.165) is 5.75 Å². The van der Waals surface area contributed by atoms with E-state index in [1.807, 2.05) is 0 Å². The number of rotatable bonds is 1. The summed E-state index contributed by atoms with van der Waals surface area (Å²) in [4.78, 5) is 0. The van der Waals surface area contributed by atoms with Gasteiger partial charge in [0.2, 0.25) is 0 Å². The van der Waals surface area contributed by atoms with Crippen molar-refractivity contribution in [2.75, 3.05) is 18.3 Å². The fraction of sp³-hybridized carbons (Fsp3) is 0.750. The van der Waals surface area contributed by atoms with E-state index in [-0.39, 0.29) is 0 Å². The van der Waals surface area contributed by atoms with Crippen LogP contribution in [0.4, 0.5) is 0 Å². The van der Waals surface area contributed by atoms with E-state index in [0.29, 0.717) is 10.9 Å². The molecule has 0 radical (unpaired) electrons. The molecule has 0 heterocycles. The zero-order valence-electron chi connectivity index (χ0n) is 7.62. The Labute approximate surface area is 68.8 Å². The SMILES string of the molecule is C[S+](C)CC#C[Si](C)(C)C. The second-order valence-corrected chi connectivity index (χ2v) is 10.7. The third-order valence-electron chi connectivity index (χ3n) is 0.824. The summed E-state index contributed by atoms with van der Waals surface area (Å²) >= 11 is 0. The maximum atomic E-state index is 3.35. The van der Waals surface area contributed by atoms with Crippen LogP contribution in [-0.4, -0.2) is 26.3 Å². The molecule has 10 heavy (non-hydrogen) atoms. The molecule has 0 aliphatic heterocycles. The van der Waals surface area contributed by atoms with E-state index >= 15 is 0 Å². The molecule has 0 N–H and O–H groups in total. The Balaban J connectivity index is 3.71. The molecule has 0 rings (SSSR count). The van der Waals surface area contributed by atoms with E-state index in [1.54, 1.807) is 0 Å². The van der Waals surface area contributed by atoms with E-state index in [2.05, 4.69) is 43.6 Å². The summed E-state index contributed by atoms with van der Waals surface area (Å²) in [7, 11) is -0.582. The van der Waals surface area contributed by atoms with Gasteiger partial charge >= 0.3 is 0 Å². The molecule has 0 fully saturated rings. The highest BCUT2D eigenvalue weighted by Gasteiger charge is 2.07. The lowest BCUT2D eigenvalue weighted by Crippen LogP contribution is -2.17. The van der Waals surface area contributed by atoms with Crippen LogP contribution in [0, 0.1) is 11.5 Å². The summed E-state index contributed by atoms with van der Waals surface area (Å²) in [6.45, 7) is 6.84. The van der Waals surface area contributed by atoms with Crippen molar-refractivity contribution in [1.82, 2.24) is 0 Å². The standard InChI is InChI=1S/C8H17SSi/c1-9(2)7-6-8-10(3,4)5/h7H2,1-5H3/q+1. The Bertz CT molecular complexity index is 145. The predicted molar refractivity (Wildman–Crippen MR) is 55.2 cm³/mol. The first kappa shape index (κ1) is 10.1. The van der Waals surface area contributed by atoms with Crippen LogP contribution in [0.5, 0.6) is 0 Å². The zero-order valence-corrected chi connectivity index (χ0v) is 9.43. The largest absolute Gasteiger partial charge is 0.167 e. The van der Waals surface area contributed by atoms with Crippen molar-refractivity contribution < 1.29 is 0 Å². The highest BCUT2D eigenvalue weighted by molar-refractivity contribution is 7.95. The first-order valence-electron chi connectivity index (χ1n) is 3.46. The van der Waals surface area contributed by atoms with Crippen molar-refractivity contribution in [2.24, 2.45) is 0 Å². The normalized spacial score (nSPS) is 11.0. The first-order valence-corrected chi connectivity index (χ1v) is 9.17. The van der Waals surface area contributed by atoms with Gasteiger partial charge in [0.05, 0.1) is 12.5 Å². The molecule has 0 unspecified atom stereocenters. The Kier molecular flexibility index (Phi) is 4.15. The summed E-state index contributed by atoms with van der Waals surface area (Å²) in [5, 5.41) is 0. The van der Waals surface area contributed by atoms with Crippen LogP contribution in [0.25, 0.3) is 0 Å². The predicted octanol–water partition coefficient (Wildman–Crippen LogP) is 1.75. The zero-order chi connectivity index (χ0) is 8.20. The molecule has 0 nitrogen and oxygen atoms in total. The van der Waals surface area contributed by atoms with Gasteiger partial charge in [-0.25, -0.2) is 0 Å². The van der Waals surface area contributed by atoms with Crippen molar-refractivity contribution in [3.63, 3.8) is 0 Å². The minimum atomic E-state index is -1.08. The quantitative estimate of drug-likeness (QED) is 0.322. The Morgan fingerprint density at radius 2 is 1.70 bits per heavy atom. The minimum Gasteiger partial charge on any atom is -0.127 e. The summed E-state index contributed by atoms with van der Waals surface area (Å²) < 4.78 is 0. The van der Waals surface area contributed by atoms with E-state index in [4.69, 9.17) is 0 Å². The lowest BCUT2D eigenvalue weighted by atomic mass is 10.8. The molecule has 0 atom stereocenters. The van der Waals surface area contributed by atoms with E-state index < -0.39 is 8.07 Å². The van der Waals surface area contributed by atoms with E-state index in [1.165, 1.54) is 0 Å². The van der Waals surface area contributed by atoms with Crippen molar-refractivity contribution in [3.05, 3.63) is 0 Å². The van der Waals surface area contributed by atoms with Gasteiger partial charge in [-0.15, -0.1) is 5.54 Å². The fourth-order valence-electron chi connectivity index (χ4n) is 0.446. The van der Waals surface area contributed by atoms with Crippen LogP contribution >= 0.6 is 0 Å². The van der Waals surface area contributed by atoms with Crippen molar-refractivity contribution in [2.45, 2.75) is 19.6 Å². The van der Waals surface area contributed by atoms with Gasteiger partial charge in [-0.3, -0.25) is 0 Å². The fourth-order valence-corrected chi connectivity index (χ4v) is 1.55. The molecule has 0 amide bonds. The average Bonchev–Trinajstić information content (AvgIpc) is 1.59. The highest BCUT2D eigenvalue weighted by atomic mass is 32.2. The number of hydrogen-bond acceptors (Lipinski definition) is 0. The second-order valence-electron chi connectivity index (χ2n) is 3.68. The van der Waals surface area contributed by atoms with Crippen LogP contribution in [0.2, 0.25) is 19.6 Å². The molecule has 0 aliphatic rings. The molecule has 0 saturated heterocycles. The summed E-state index contributed by atoms with van der Waals surface area (Å²) in [5.74, 6) is 4.34. The van der Waals surface area contributed by atoms with Gasteiger partial charge in [-0.2, -0.15) is 0 Å². The third-order valence-corrected chi connectivity index (χ3v) is 2.47. The molecule has 0 aliphatic carbocycles. The van der Waals surface area contributed by atoms with E-state index in [9.17, 15) is 0 Å². The maximum absolute atomic E-state index is 3.35. The number of hydrogen-bond donors (Lipinski definition) is 0. The first-order chi connectivity index (χ1) is 4.42. The van der Waals surface area contributed by atoms with Gasteiger partial charge in [0.1, 0.15) is 8.07 Å². The van der Waals surface area contributed by atoms with Crippen LogP contribution in [0.3, 0.4) is 0 Å². The molecule has 0 saturated carbocycles. The van der Waals surface area contributed by atoms with Gasteiger partial charge in [0, 0.05) is 0 Å². The van der Waals surface area contributed by atoms with Gasteiger partial charge in [0.25, 0.3) is 0 Å². The summed E-state index contributed by atoms with van der Waals surface area (Å²) in [6, 6.07) is 0. The molecular formula is C8H17SSi+. The Hall–Kier alpha value is 0.127. The highest BCUT2D eigenvalue weighted by Crippen LogP contribution is 1.96. The minimum absolute atomic E-state index is 0.498. The Morgan fingerprint density at radius 1 is 1.20 bits per heavy atom. The second kappa shape index (κ2) is 4.10. The molecule has 0 bridgehead atoms. The van der Waals surface area contributed by atoms with Gasteiger partial charge < -0.3 is 0 Å². The smallest absolute Gasteiger partial charge is 0.127 e. The van der Waals surface area contributed by atoms with Gasteiger partial charge in [-0.05, 0) is 10.9 Å². The van der Waals surface area contributed by atoms with Crippen LogP contribution in [-0.2, 0) is 10.9 Å². The topological polar surface area (TPSA) is 0 Å². The molecule has 0 aromatic heterocycles. The monoisotopic (exact) mass is 173 g/mol. The van der Waals surface area contributed by atoms with Crippen LogP contribution < -0.4 is 0 Å². The molecular weight excluding hydrogens is 156 g/mol.